The predicted molar refractivity (Wildman–Crippen MR) is 79.8 cm³/mol. The van der Waals surface area contributed by atoms with Gasteiger partial charge in [-0.2, -0.15) is 0 Å². The Morgan fingerprint density at radius 1 is 1.16 bits per heavy atom. The van der Waals surface area contributed by atoms with Crippen LogP contribution in [0.4, 0.5) is 0 Å². The molecule has 0 aliphatic carbocycles. The number of rotatable bonds is 10. The van der Waals surface area contributed by atoms with E-state index in [0.717, 1.165) is 44.8 Å². The largest absolute Gasteiger partial charge is 0.493 e. The van der Waals surface area contributed by atoms with Crippen LogP contribution in [0.2, 0.25) is 0 Å². The summed E-state index contributed by atoms with van der Waals surface area (Å²) in [6.07, 6.45) is 3.29. The summed E-state index contributed by atoms with van der Waals surface area (Å²) in [6.45, 7) is 6.90. The lowest BCUT2D eigenvalue weighted by atomic mass is 10.1. The lowest BCUT2D eigenvalue weighted by molar-refractivity contribution is 0.193. The van der Waals surface area contributed by atoms with E-state index >= 15 is 0 Å². The van der Waals surface area contributed by atoms with Crippen LogP contribution in [0, 0.1) is 0 Å². The van der Waals surface area contributed by atoms with Gasteiger partial charge in [-0.3, -0.25) is 0 Å². The number of hydrogen-bond donors (Lipinski definition) is 1. The van der Waals surface area contributed by atoms with Crippen LogP contribution >= 0.6 is 0 Å². The van der Waals surface area contributed by atoms with Crippen molar-refractivity contribution in [1.82, 2.24) is 5.32 Å². The standard InChI is InChI=1S/C16H27NO2/c1-4-5-13-19-16-10-7-6-9-15(16)14(2)17-11-8-12-18-3/h6-7,9-10,14,17H,4-5,8,11-13H2,1-3H3/t14-/m1/s1. The van der Waals surface area contributed by atoms with Crippen molar-refractivity contribution in [2.24, 2.45) is 0 Å². The molecule has 0 aliphatic heterocycles. The summed E-state index contributed by atoms with van der Waals surface area (Å²) in [5, 5.41) is 3.50. The van der Waals surface area contributed by atoms with Crippen LogP contribution < -0.4 is 10.1 Å². The molecule has 0 aliphatic rings. The lowest BCUT2D eigenvalue weighted by Gasteiger charge is -2.18. The molecule has 3 nitrogen and oxygen atoms in total. The summed E-state index contributed by atoms with van der Waals surface area (Å²) in [4.78, 5) is 0. The second-order valence-corrected chi connectivity index (χ2v) is 4.76. The Kier molecular flexibility index (Phi) is 8.26. The van der Waals surface area contributed by atoms with E-state index in [1.165, 1.54) is 5.56 Å². The number of ether oxygens (including phenoxy) is 2. The number of methoxy groups -OCH3 is 1. The maximum absolute atomic E-state index is 5.86. The maximum atomic E-state index is 5.86. The Bertz CT molecular complexity index is 341. The van der Waals surface area contributed by atoms with Gasteiger partial charge >= 0.3 is 0 Å². The van der Waals surface area contributed by atoms with Crippen LogP contribution in [0.1, 0.15) is 44.7 Å². The third-order valence-corrected chi connectivity index (χ3v) is 3.12. The molecule has 19 heavy (non-hydrogen) atoms. The SMILES string of the molecule is CCCCOc1ccccc1[C@@H](C)NCCCOC. The second-order valence-electron chi connectivity index (χ2n) is 4.76. The Hall–Kier alpha value is -1.06. The zero-order valence-electron chi connectivity index (χ0n) is 12.4. The van der Waals surface area contributed by atoms with Gasteiger partial charge in [0.1, 0.15) is 5.75 Å². The molecule has 0 amide bonds. The van der Waals surface area contributed by atoms with E-state index in [0.29, 0.717) is 6.04 Å². The fourth-order valence-electron chi connectivity index (χ4n) is 1.94. The number of nitrogens with one attached hydrogen (secondary N) is 1. The molecule has 3 heteroatoms. The molecule has 1 rings (SSSR count). The molecule has 0 saturated heterocycles. The van der Waals surface area contributed by atoms with E-state index in [1.54, 1.807) is 7.11 Å². The molecule has 108 valence electrons. The lowest BCUT2D eigenvalue weighted by Crippen LogP contribution is -2.21. The Morgan fingerprint density at radius 2 is 1.95 bits per heavy atom. The minimum Gasteiger partial charge on any atom is -0.493 e. The summed E-state index contributed by atoms with van der Waals surface area (Å²) in [5.41, 5.74) is 1.23. The van der Waals surface area contributed by atoms with Crippen LogP contribution in [0.15, 0.2) is 24.3 Å². The maximum Gasteiger partial charge on any atom is 0.124 e. The highest BCUT2D eigenvalue weighted by Crippen LogP contribution is 2.24. The average Bonchev–Trinajstić information content (AvgIpc) is 2.44. The number of hydrogen-bond acceptors (Lipinski definition) is 3. The van der Waals surface area contributed by atoms with Gasteiger partial charge in [-0.1, -0.05) is 31.5 Å². The third-order valence-electron chi connectivity index (χ3n) is 3.12. The van der Waals surface area contributed by atoms with Crippen LogP contribution in [0.5, 0.6) is 5.75 Å². The molecule has 0 aromatic heterocycles. The molecule has 1 aromatic carbocycles. The molecule has 0 fully saturated rings. The first-order valence-corrected chi connectivity index (χ1v) is 7.23. The molecule has 1 N–H and O–H groups in total. The number of unbranched alkanes of at least 4 members (excludes halogenated alkanes) is 1. The fraction of sp³-hybridized carbons (Fsp3) is 0.625. The highest BCUT2D eigenvalue weighted by molar-refractivity contribution is 5.35. The van der Waals surface area contributed by atoms with Crippen molar-refractivity contribution < 1.29 is 9.47 Å². The van der Waals surface area contributed by atoms with Crippen LogP contribution in [-0.4, -0.2) is 26.9 Å². The summed E-state index contributed by atoms with van der Waals surface area (Å²) < 4.78 is 10.9. The molecule has 1 aromatic rings. The van der Waals surface area contributed by atoms with Crippen molar-refractivity contribution in [3.8, 4) is 5.75 Å². The van der Waals surface area contributed by atoms with Gasteiger partial charge in [0.2, 0.25) is 0 Å². The zero-order valence-corrected chi connectivity index (χ0v) is 12.4. The van der Waals surface area contributed by atoms with E-state index in [4.69, 9.17) is 9.47 Å². The molecular formula is C16H27NO2. The van der Waals surface area contributed by atoms with Gasteiger partial charge in [-0.15, -0.1) is 0 Å². The fourth-order valence-corrected chi connectivity index (χ4v) is 1.94. The van der Waals surface area contributed by atoms with Gasteiger partial charge in [0.05, 0.1) is 6.61 Å². The van der Waals surface area contributed by atoms with E-state index in [-0.39, 0.29) is 0 Å². The first kappa shape index (κ1) is 16.0. The van der Waals surface area contributed by atoms with Crippen molar-refractivity contribution in [2.45, 2.75) is 39.2 Å². The topological polar surface area (TPSA) is 30.5 Å². The van der Waals surface area contributed by atoms with Crippen molar-refractivity contribution >= 4 is 0 Å². The van der Waals surface area contributed by atoms with E-state index in [9.17, 15) is 0 Å². The van der Waals surface area contributed by atoms with Crippen molar-refractivity contribution in [3.05, 3.63) is 29.8 Å². The quantitative estimate of drug-likeness (QED) is 0.656. The Morgan fingerprint density at radius 3 is 2.68 bits per heavy atom. The summed E-state index contributed by atoms with van der Waals surface area (Å²) in [7, 11) is 1.74. The van der Waals surface area contributed by atoms with Crippen molar-refractivity contribution in [1.29, 1.82) is 0 Å². The zero-order chi connectivity index (χ0) is 13.9. The average molecular weight is 265 g/mol. The monoisotopic (exact) mass is 265 g/mol. The van der Waals surface area contributed by atoms with E-state index in [2.05, 4.69) is 37.4 Å². The predicted octanol–water partition coefficient (Wildman–Crippen LogP) is 3.55. The molecule has 0 spiro atoms. The molecule has 0 heterocycles. The first-order chi connectivity index (χ1) is 9.29. The molecule has 0 unspecified atom stereocenters. The van der Waals surface area contributed by atoms with Gasteiger partial charge in [-0.05, 0) is 32.4 Å². The van der Waals surface area contributed by atoms with Gasteiger partial charge in [-0.25, -0.2) is 0 Å². The normalized spacial score (nSPS) is 12.4. The van der Waals surface area contributed by atoms with Crippen molar-refractivity contribution in [2.75, 3.05) is 26.9 Å². The highest BCUT2D eigenvalue weighted by Gasteiger charge is 2.10. The van der Waals surface area contributed by atoms with Crippen LogP contribution in [0.3, 0.4) is 0 Å². The molecule has 0 radical (unpaired) electrons. The van der Waals surface area contributed by atoms with Crippen molar-refractivity contribution in [3.63, 3.8) is 0 Å². The summed E-state index contributed by atoms with van der Waals surface area (Å²) >= 11 is 0. The third kappa shape index (κ3) is 6.08. The number of para-hydroxylation sites is 1. The van der Waals surface area contributed by atoms with E-state index < -0.39 is 0 Å². The molecular weight excluding hydrogens is 238 g/mol. The minimum atomic E-state index is 0.301. The van der Waals surface area contributed by atoms with Gasteiger partial charge in [0.25, 0.3) is 0 Å². The molecule has 0 bridgehead atoms. The van der Waals surface area contributed by atoms with Gasteiger partial charge in [0, 0.05) is 25.3 Å². The highest BCUT2D eigenvalue weighted by atomic mass is 16.5. The van der Waals surface area contributed by atoms with Gasteiger partial charge in [0.15, 0.2) is 0 Å². The molecule has 1 atom stereocenters. The van der Waals surface area contributed by atoms with Gasteiger partial charge < -0.3 is 14.8 Å². The molecule has 0 saturated carbocycles. The van der Waals surface area contributed by atoms with Crippen LogP contribution in [0.25, 0.3) is 0 Å². The second kappa shape index (κ2) is 9.82. The Balaban J connectivity index is 2.50. The summed E-state index contributed by atoms with van der Waals surface area (Å²) in [5.74, 6) is 1.00. The minimum absolute atomic E-state index is 0.301. The smallest absolute Gasteiger partial charge is 0.124 e. The number of benzene rings is 1. The van der Waals surface area contributed by atoms with Crippen LogP contribution in [-0.2, 0) is 4.74 Å². The van der Waals surface area contributed by atoms with E-state index in [1.807, 2.05) is 6.07 Å². The first-order valence-electron chi connectivity index (χ1n) is 7.23. The Labute approximate surface area is 117 Å². The summed E-state index contributed by atoms with van der Waals surface area (Å²) in [6, 6.07) is 8.58.